The molecule has 0 spiro atoms. The van der Waals surface area contributed by atoms with Crippen LogP contribution in [0.15, 0.2) is 34.1 Å². The number of aromatic carboxylic acids is 2. The molecular formula is C30H42O8S. The quantitative estimate of drug-likeness (QED) is 0.154. The van der Waals surface area contributed by atoms with Crippen molar-refractivity contribution in [3.63, 3.8) is 0 Å². The van der Waals surface area contributed by atoms with E-state index >= 15 is 0 Å². The summed E-state index contributed by atoms with van der Waals surface area (Å²) in [7, 11) is -4.76. The lowest BCUT2D eigenvalue weighted by molar-refractivity contribution is 0.0684. The van der Waals surface area contributed by atoms with Crippen LogP contribution >= 0.6 is 0 Å². The zero-order chi connectivity index (χ0) is 29.3. The lowest BCUT2D eigenvalue weighted by atomic mass is 9.90. The summed E-state index contributed by atoms with van der Waals surface area (Å²) in [5, 5.41) is 41.6. The van der Waals surface area contributed by atoms with Crippen LogP contribution in [0.5, 0.6) is 11.5 Å². The number of aromatic hydroxyl groups is 2. The Morgan fingerprint density at radius 3 is 1.33 bits per heavy atom. The van der Waals surface area contributed by atoms with Crippen LogP contribution in [0.2, 0.25) is 0 Å². The number of benzene rings is 2. The minimum atomic E-state index is -4.76. The van der Waals surface area contributed by atoms with Gasteiger partial charge in [0, 0.05) is 0 Å². The molecule has 0 aromatic heterocycles. The number of carbonyl (C=O) groups is 2. The highest BCUT2D eigenvalue weighted by Gasteiger charge is 2.37. The highest BCUT2D eigenvalue weighted by molar-refractivity contribution is 7.91. The molecule has 216 valence electrons. The van der Waals surface area contributed by atoms with E-state index < -0.39 is 54.9 Å². The van der Waals surface area contributed by atoms with Gasteiger partial charge in [-0.3, -0.25) is 0 Å². The van der Waals surface area contributed by atoms with Gasteiger partial charge in [0.05, 0.1) is 11.1 Å². The highest BCUT2D eigenvalue weighted by atomic mass is 32.2. The van der Waals surface area contributed by atoms with Gasteiger partial charge in [-0.2, -0.15) is 0 Å². The van der Waals surface area contributed by atoms with Crippen molar-refractivity contribution < 1.29 is 38.4 Å². The van der Waals surface area contributed by atoms with Gasteiger partial charge in [-0.05, 0) is 60.1 Å². The highest BCUT2D eigenvalue weighted by Crippen LogP contribution is 2.45. The molecule has 2 rings (SSSR count). The number of carboxylic acids is 2. The van der Waals surface area contributed by atoms with Gasteiger partial charge in [-0.15, -0.1) is 0 Å². The Labute approximate surface area is 231 Å². The van der Waals surface area contributed by atoms with Crippen molar-refractivity contribution in [3.8, 4) is 11.5 Å². The monoisotopic (exact) mass is 562 g/mol. The molecule has 8 nitrogen and oxygen atoms in total. The first kappa shape index (κ1) is 32.1. The number of phenols is 2. The summed E-state index contributed by atoms with van der Waals surface area (Å²) in [4.78, 5) is 23.2. The molecule has 0 fully saturated rings. The second-order valence-electron chi connectivity index (χ2n) is 10.4. The zero-order valence-electron chi connectivity index (χ0n) is 23.4. The lowest BCUT2D eigenvalue weighted by Gasteiger charge is -2.24. The van der Waals surface area contributed by atoms with Crippen molar-refractivity contribution in [1.29, 1.82) is 0 Å². The average molecular weight is 563 g/mol. The van der Waals surface area contributed by atoms with Gasteiger partial charge in [-0.25, -0.2) is 18.0 Å². The minimum absolute atomic E-state index is 0.0410. The number of phenolic OH excluding ortho intramolecular Hbond substituents is 2. The van der Waals surface area contributed by atoms with E-state index in [-0.39, 0.29) is 22.3 Å². The van der Waals surface area contributed by atoms with Crippen molar-refractivity contribution in [1.82, 2.24) is 0 Å². The number of hydrogen-bond acceptors (Lipinski definition) is 6. The molecule has 9 heteroatoms. The third-order valence-electron chi connectivity index (χ3n) is 7.32. The van der Waals surface area contributed by atoms with E-state index in [1.165, 1.54) is 12.1 Å². The van der Waals surface area contributed by atoms with Gasteiger partial charge in [0.15, 0.2) is 0 Å². The minimum Gasteiger partial charge on any atom is -0.507 e. The standard InChI is InChI=1S/C30H42O8S/c1-5-7-9-11-13-19(3)25-21(29(33)34)15-17-23(31)27(25)39(37,38)28-24(32)18-16-22(30(35)36)26(28)20(4)14-12-10-8-6-2/h15-20,31-32H,5-14H2,1-4H3,(H,33,34)(H,35,36). The topological polar surface area (TPSA) is 149 Å². The van der Waals surface area contributed by atoms with E-state index in [1.807, 2.05) is 0 Å². The van der Waals surface area contributed by atoms with Crippen LogP contribution in [0.1, 0.15) is 136 Å². The first-order chi connectivity index (χ1) is 18.4. The third-order valence-corrected chi connectivity index (χ3v) is 9.25. The predicted octanol–water partition coefficient (Wildman–Crippen LogP) is 7.47. The second kappa shape index (κ2) is 14.4. The van der Waals surface area contributed by atoms with Crippen LogP contribution in [0, 0.1) is 0 Å². The average Bonchev–Trinajstić information content (AvgIpc) is 2.87. The SMILES string of the molecule is CCCCCCC(C)c1c(C(=O)O)ccc(O)c1S(=O)(=O)c1c(O)ccc(C(=O)O)c1C(C)CCCCCC. The normalized spacial score (nSPS) is 13.2. The third kappa shape index (κ3) is 7.53. The van der Waals surface area contributed by atoms with Gasteiger partial charge in [0.25, 0.3) is 0 Å². The van der Waals surface area contributed by atoms with Crippen molar-refractivity contribution in [2.24, 2.45) is 0 Å². The summed E-state index contributed by atoms with van der Waals surface area (Å²) in [5.74, 6) is -5.03. The van der Waals surface area contributed by atoms with Crippen LogP contribution in [-0.4, -0.2) is 40.8 Å². The van der Waals surface area contributed by atoms with Gasteiger partial charge >= 0.3 is 11.9 Å². The first-order valence-electron chi connectivity index (χ1n) is 13.8. The molecule has 0 bridgehead atoms. The molecule has 0 saturated heterocycles. The first-order valence-corrected chi connectivity index (χ1v) is 15.3. The lowest BCUT2D eigenvalue weighted by Crippen LogP contribution is -2.17. The van der Waals surface area contributed by atoms with E-state index in [0.29, 0.717) is 12.8 Å². The molecule has 0 aliphatic carbocycles. The number of hydrogen-bond donors (Lipinski definition) is 4. The molecule has 2 atom stereocenters. The summed E-state index contributed by atoms with van der Waals surface area (Å²) in [6.07, 6.45) is 8.22. The molecule has 0 amide bonds. The molecular weight excluding hydrogens is 520 g/mol. The Bertz CT molecular complexity index is 1170. The van der Waals surface area contributed by atoms with Crippen molar-refractivity contribution in [2.75, 3.05) is 0 Å². The maximum absolute atomic E-state index is 14.3. The largest absolute Gasteiger partial charge is 0.507 e. The second-order valence-corrected chi connectivity index (χ2v) is 12.2. The molecule has 0 aliphatic rings. The summed E-state index contributed by atoms with van der Waals surface area (Å²) in [6.45, 7) is 7.56. The Morgan fingerprint density at radius 2 is 1.03 bits per heavy atom. The van der Waals surface area contributed by atoms with Gasteiger partial charge in [0.1, 0.15) is 21.3 Å². The Kier molecular flexibility index (Phi) is 11.8. The molecule has 0 heterocycles. The van der Waals surface area contributed by atoms with E-state index in [9.17, 15) is 38.4 Å². The number of rotatable bonds is 16. The van der Waals surface area contributed by atoms with Crippen LogP contribution < -0.4 is 0 Å². The van der Waals surface area contributed by atoms with E-state index in [1.54, 1.807) is 13.8 Å². The maximum atomic E-state index is 14.3. The Hall–Kier alpha value is -3.07. The molecule has 2 unspecified atom stereocenters. The van der Waals surface area contributed by atoms with Crippen molar-refractivity contribution in [2.45, 2.75) is 114 Å². The van der Waals surface area contributed by atoms with E-state index in [2.05, 4.69) is 13.8 Å². The van der Waals surface area contributed by atoms with Crippen molar-refractivity contribution in [3.05, 3.63) is 46.5 Å². The van der Waals surface area contributed by atoms with Crippen molar-refractivity contribution >= 4 is 21.8 Å². The summed E-state index contributed by atoms with van der Waals surface area (Å²) in [5.41, 5.74) is -0.587. The predicted molar refractivity (Wildman–Crippen MR) is 150 cm³/mol. The smallest absolute Gasteiger partial charge is 0.336 e. The summed E-state index contributed by atoms with van der Waals surface area (Å²) in [6, 6.07) is 4.41. The molecule has 39 heavy (non-hydrogen) atoms. The Morgan fingerprint density at radius 1 is 0.667 bits per heavy atom. The van der Waals surface area contributed by atoms with E-state index in [0.717, 1.165) is 63.5 Å². The molecule has 2 aromatic rings. The Balaban J connectivity index is 2.82. The fraction of sp³-hybridized carbons (Fsp3) is 0.533. The fourth-order valence-electron chi connectivity index (χ4n) is 5.24. The number of unbranched alkanes of at least 4 members (excludes halogenated alkanes) is 6. The summed E-state index contributed by atoms with van der Waals surface area (Å²) >= 11 is 0. The zero-order valence-corrected chi connectivity index (χ0v) is 24.2. The van der Waals surface area contributed by atoms with E-state index in [4.69, 9.17) is 0 Å². The molecule has 0 radical (unpaired) electrons. The number of sulfone groups is 1. The van der Waals surface area contributed by atoms with Crippen LogP contribution in [0.4, 0.5) is 0 Å². The van der Waals surface area contributed by atoms with Gasteiger partial charge in [0.2, 0.25) is 9.84 Å². The summed E-state index contributed by atoms with van der Waals surface area (Å²) < 4.78 is 28.6. The molecule has 2 aromatic carbocycles. The van der Waals surface area contributed by atoms with Crippen LogP contribution in [0.25, 0.3) is 0 Å². The number of carboxylic acid groups (broad SMARTS) is 2. The van der Waals surface area contributed by atoms with Crippen LogP contribution in [-0.2, 0) is 9.84 Å². The molecule has 0 aliphatic heterocycles. The van der Waals surface area contributed by atoms with Gasteiger partial charge < -0.3 is 20.4 Å². The van der Waals surface area contributed by atoms with Gasteiger partial charge in [-0.1, -0.05) is 79.1 Å². The molecule has 4 N–H and O–H groups in total. The van der Waals surface area contributed by atoms with Crippen LogP contribution in [0.3, 0.4) is 0 Å². The molecule has 0 saturated carbocycles. The maximum Gasteiger partial charge on any atom is 0.336 e. The fourth-order valence-corrected chi connectivity index (χ4v) is 7.33.